The van der Waals surface area contributed by atoms with Crippen molar-refractivity contribution in [1.82, 2.24) is 10.5 Å². The maximum absolute atomic E-state index is 11.1. The largest absolute Gasteiger partial charge is 0.378 e. The van der Waals surface area contributed by atoms with Crippen molar-refractivity contribution >= 4 is 17.5 Å². The molecule has 1 aromatic carbocycles. The lowest BCUT2D eigenvalue weighted by Gasteiger charge is -2.01. The van der Waals surface area contributed by atoms with Crippen molar-refractivity contribution in [1.29, 1.82) is 0 Å². The zero-order valence-corrected chi connectivity index (χ0v) is 20.3. The lowest BCUT2D eigenvalue weighted by Crippen LogP contribution is -2.29. The molecule has 0 aliphatic rings. The molecule has 0 saturated heterocycles. The number of aromatic nitrogens is 1. The maximum Gasteiger partial charge on any atom is 0.253 e. The van der Waals surface area contributed by atoms with Crippen molar-refractivity contribution < 1.29 is 24.3 Å². The van der Waals surface area contributed by atoms with Gasteiger partial charge in [-0.25, -0.2) is 5.48 Å². The summed E-state index contributed by atoms with van der Waals surface area (Å²) < 4.78 is 5.03. The van der Waals surface area contributed by atoms with Gasteiger partial charge >= 0.3 is 0 Å². The van der Waals surface area contributed by atoms with E-state index in [4.69, 9.17) is 9.94 Å². The molecule has 32 heavy (non-hydrogen) atoms. The average molecular weight is 445 g/mol. The molecule has 0 aliphatic carbocycles. The molecular formula is C25H36N2O5. The number of Topliss-reactive ketones (excluding diaryl/α,β-unsaturated/α-hetero) is 2. The summed E-state index contributed by atoms with van der Waals surface area (Å²) in [6.07, 6.45) is 1.85. The minimum atomic E-state index is -0.755. The van der Waals surface area contributed by atoms with Crippen LogP contribution in [0.25, 0.3) is 0 Å². The second kappa shape index (κ2) is 18.6. The van der Waals surface area contributed by atoms with E-state index in [1.54, 1.807) is 26.2 Å². The van der Waals surface area contributed by atoms with Gasteiger partial charge < -0.3 is 9.72 Å². The molecule has 176 valence electrons. The molecule has 3 N–H and O–H groups in total. The van der Waals surface area contributed by atoms with Crippen LogP contribution in [0.2, 0.25) is 0 Å². The number of amides is 1. The van der Waals surface area contributed by atoms with Crippen molar-refractivity contribution in [3.8, 4) is 11.8 Å². The fourth-order valence-corrected chi connectivity index (χ4v) is 1.97. The predicted molar refractivity (Wildman–Crippen MR) is 126 cm³/mol. The number of ether oxygens (including phenoxy) is 1. The van der Waals surface area contributed by atoms with E-state index in [-0.39, 0.29) is 11.6 Å². The normalized spacial score (nSPS) is 9.66. The van der Waals surface area contributed by atoms with E-state index in [0.717, 1.165) is 16.8 Å². The SMILES string of the molecule is CC.CC.CC(=O)C(C)C(=O)NO.COCc1cc(C#Cc2ccc(C(C)=O)cc2)c[nH]1. The first-order chi connectivity index (χ1) is 15.3. The maximum atomic E-state index is 11.1. The minimum absolute atomic E-state index is 0.0642. The van der Waals surface area contributed by atoms with E-state index in [0.29, 0.717) is 12.2 Å². The summed E-state index contributed by atoms with van der Waals surface area (Å²) >= 11 is 0. The standard InChI is InChI=1S/C16H15NO2.C5H9NO3.2C2H6/c1-12(18)15-7-5-13(6-8-15)3-4-14-9-16(11-19-2)17-10-14;1-3(4(2)7)5(8)6-9;2*1-2/h5-10,17H,11H2,1-2H3;3,9H,1-2H3,(H,6,8);2*1-2H3. The molecule has 1 amide bonds. The number of hydroxylamine groups is 1. The topological polar surface area (TPSA) is 108 Å². The number of aromatic amines is 1. The van der Waals surface area contributed by atoms with E-state index >= 15 is 0 Å². The number of rotatable bonds is 5. The summed E-state index contributed by atoms with van der Waals surface area (Å²) in [5, 5.41) is 8.00. The highest BCUT2D eigenvalue weighted by Crippen LogP contribution is 2.06. The summed E-state index contributed by atoms with van der Waals surface area (Å²) in [7, 11) is 1.66. The molecule has 2 aromatic rings. The molecule has 1 heterocycles. The first-order valence-electron chi connectivity index (χ1n) is 10.5. The van der Waals surface area contributed by atoms with E-state index in [1.165, 1.54) is 19.3 Å². The van der Waals surface area contributed by atoms with Crippen LogP contribution in [0.3, 0.4) is 0 Å². The van der Waals surface area contributed by atoms with E-state index in [2.05, 4.69) is 16.8 Å². The molecule has 0 bridgehead atoms. The third kappa shape index (κ3) is 12.5. The summed E-state index contributed by atoms with van der Waals surface area (Å²) in [5.74, 6) is 4.51. The van der Waals surface area contributed by atoms with Crippen LogP contribution < -0.4 is 5.48 Å². The van der Waals surface area contributed by atoms with Gasteiger partial charge in [-0.15, -0.1) is 0 Å². The zero-order chi connectivity index (χ0) is 25.1. The fraction of sp³-hybridized carbons (Fsp3) is 0.400. The van der Waals surface area contributed by atoms with Gasteiger partial charge in [-0.1, -0.05) is 51.7 Å². The van der Waals surface area contributed by atoms with E-state index in [1.807, 2.05) is 52.1 Å². The number of carbonyl (C=O) groups excluding carboxylic acids is 3. The lowest BCUT2D eigenvalue weighted by molar-refractivity contribution is -0.138. The van der Waals surface area contributed by atoms with Gasteiger partial charge in [0.1, 0.15) is 5.78 Å². The van der Waals surface area contributed by atoms with Crippen LogP contribution in [-0.2, 0) is 20.9 Å². The quantitative estimate of drug-likeness (QED) is 0.206. The molecule has 0 fully saturated rings. The van der Waals surface area contributed by atoms with Gasteiger partial charge in [0, 0.05) is 35.7 Å². The molecular weight excluding hydrogens is 408 g/mol. The van der Waals surface area contributed by atoms with Crippen LogP contribution >= 0.6 is 0 Å². The van der Waals surface area contributed by atoms with Crippen molar-refractivity contribution in [3.63, 3.8) is 0 Å². The van der Waals surface area contributed by atoms with Crippen LogP contribution in [0, 0.1) is 17.8 Å². The van der Waals surface area contributed by atoms with Crippen LogP contribution in [0.1, 0.15) is 75.6 Å². The fourth-order valence-electron chi connectivity index (χ4n) is 1.97. The number of methoxy groups -OCH3 is 1. The third-order valence-electron chi connectivity index (χ3n) is 3.80. The van der Waals surface area contributed by atoms with Gasteiger partial charge in [0.2, 0.25) is 0 Å². The monoisotopic (exact) mass is 444 g/mol. The second-order valence-corrected chi connectivity index (χ2v) is 6.04. The van der Waals surface area contributed by atoms with Crippen molar-refractivity contribution in [2.24, 2.45) is 5.92 Å². The molecule has 0 aliphatic heterocycles. The van der Waals surface area contributed by atoms with Gasteiger partial charge in [0.25, 0.3) is 5.91 Å². The molecule has 0 saturated carbocycles. The molecule has 0 spiro atoms. The molecule has 1 unspecified atom stereocenters. The minimum Gasteiger partial charge on any atom is -0.378 e. The van der Waals surface area contributed by atoms with Crippen molar-refractivity contribution in [2.75, 3.05) is 7.11 Å². The summed E-state index contributed by atoms with van der Waals surface area (Å²) in [4.78, 5) is 35.0. The number of benzene rings is 1. The summed E-state index contributed by atoms with van der Waals surface area (Å²) in [6.45, 7) is 12.8. The number of hydrogen-bond acceptors (Lipinski definition) is 5. The van der Waals surface area contributed by atoms with Crippen LogP contribution in [0.5, 0.6) is 0 Å². The Morgan fingerprint density at radius 2 is 1.56 bits per heavy atom. The van der Waals surface area contributed by atoms with E-state index < -0.39 is 11.8 Å². The highest BCUT2D eigenvalue weighted by Gasteiger charge is 2.15. The van der Waals surface area contributed by atoms with Gasteiger partial charge in [0.05, 0.1) is 12.5 Å². The molecule has 7 nitrogen and oxygen atoms in total. The number of hydrogen-bond donors (Lipinski definition) is 3. The Morgan fingerprint density at radius 1 is 1.03 bits per heavy atom. The molecule has 1 aromatic heterocycles. The molecule has 7 heteroatoms. The van der Waals surface area contributed by atoms with Crippen molar-refractivity contribution in [3.05, 3.63) is 58.9 Å². The van der Waals surface area contributed by atoms with Gasteiger partial charge in [0.15, 0.2) is 5.78 Å². The zero-order valence-electron chi connectivity index (χ0n) is 20.3. The average Bonchev–Trinajstić information content (AvgIpc) is 3.27. The molecule has 0 radical (unpaired) electrons. The Morgan fingerprint density at radius 3 is 1.97 bits per heavy atom. The first kappa shape index (κ1) is 31.0. The first-order valence-corrected chi connectivity index (χ1v) is 10.5. The number of H-pyrrole nitrogens is 1. The lowest BCUT2D eigenvalue weighted by atomic mass is 10.1. The van der Waals surface area contributed by atoms with Crippen LogP contribution in [-0.4, -0.2) is 34.8 Å². The number of ketones is 2. The summed E-state index contributed by atoms with van der Waals surface area (Å²) in [6, 6.07) is 9.25. The Balaban J connectivity index is 0. The van der Waals surface area contributed by atoms with E-state index in [9.17, 15) is 14.4 Å². The van der Waals surface area contributed by atoms with Gasteiger partial charge in [-0.3, -0.25) is 19.6 Å². The number of nitrogens with one attached hydrogen (secondary N) is 2. The number of carbonyl (C=O) groups is 3. The highest BCUT2D eigenvalue weighted by molar-refractivity contribution is 5.99. The second-order valence-electron chi connectivity index (χ2n) is 6.04. The predicted octanol–water partition coefficient (Wildman–Crippen LogP) is 4.53. The van der Waals surface area contributed by atoms with Gasteiger partial charge in [-0.05, 0) is 39.0 Å². The Hall–Kier alpha value is -3.21. The highest BCUT2D eigenvalue weighted by atomic mass is 16.5. The van der Waals surface area contributed by atoms with Crippen LogP contribution in [0.4, 0.5) is 0 Å². The Kier molecular flexibility index (Phi) is 18.0. The Labute approximate surface area is 191 Å². The Bertz CT molecular complexity index is 874. The summed E-state index contributed by atoms with van der Waals surface area (Å²) in [5.41, 5.74) is 4.90. The molecule has 2 rings (SSSR count). The van der Waals surface area contributed by atoms with Gasteiger partial charge in [-0.2, -0.15) is 0 Å². The smallest absolute Gasteiger partial charge is 0.253 e. The molecule has 1 atom stereocenters. The third-order valence-corrected chi connectivity index (χ3v) is 3.80. The van der Waals surface area contributed by atoms with Crippen LogP contribution in [0.15, 0.2) is 36.5 Å². The van der Waals surface area contributed by atoms with Crippen molar-refractivity contribution in [2.45, 2.75) is 55.1 Å².